The van der Waals surface area contributed by atoms with Crippen molar-refractivity contribution in [1.29, 1.82) is 0 Å². The molecule has 20 heavy (non-hydrogen) atoms. The van der Waals surface area contributed by atoms with E-state index in [2.05, 4.69) is 37.0 Å². The summed E-state index contributed by atoms with van der Waals surface area (Å²) in [6.45, 7) is 7.19. The van der Waals surface area contributed by atoms with E-state index in [1.165, 1.54) is 9.87 Å². The van der Waals surface area contributed by atoms with E-state index >= 15 is 0 Å². The first-order chi connectivity index (χ1) is 9.37. The Morgan fingerprint density at radius 1 is 1.35 bits per heavy atom. The van der Waals surface area contributed by atoms with Crippen LogP contribution in [0.3, 0.4) is 0 Å². The quantitative estimate of drug-likeness (QED) is 0.846. The third-order valence-corrected chi connectivity index (χ3v) is 6.45. The Hall–Kier alpha value is 0.01000. The third-order valence-electron chi connectivity index (χ3n) is 3.08. The van der Waals surface area contributed by atoms with Crippen LogP contribution in [-0.2, 0) is 16.8 Å². The zero-order valence-electron chi connectivity index (χ0n) is 11.7. The summed E-state index contributed by atoms with van der Waals surface area (Å²) in [5, 5.41) is 2.13. The van der Waals surface area contributed by atoms with Gasteiger partial charge < -0.3 is 0 Å². The van der Waals surface area contributed by atoms with Gasteiger partial charge in [-0.2, -0.15) is 17.4 Å². The number of hydrogen-bond acceptors (Lipinski definition) is 4. The van der Waals surface area contributed by atoms with Crippen LogP contribution in [-0.4, -0.2) is 49.8 Å². The summed E-state index contributed by atoms with van der Waals surface area (Å²) < 4.78 is 29.4. The molecule has 1 saturated heterocycles. The van der Waals surface area contributed by atoms with Crippen molar-refractivity contribution in [2.45, 2.75) is 26.4 Å². The first-order valence-electron chi connectivity index (χ1n) is 6.59. The molecule has 0 radical (unpaired) electrons. The molecule has 1 aromatic rings. The standard InChI is InChI=1S/C12H20BrN3O2S2/c1-10(2)14-20(17,18)16-5-3-15(4-6-16)8-11-7-12(13)19-9-11/h7,9-10,14H,3-6,8H2,1-2H3. The molecule has 1 aliphatic rings. The highest BCUT2D eigenvalue weighted by molar-refractivity contribution is 9.11. The number of nitrogens with zero attached hydrogens (tertiary/aromatic N) is 2. The van der Waals surface area contributed by atoms with Crippen LogP contribution in [0.4, 0.5) is 0 Å². The lowest BCUT2D eigenvalue weighted by molar-refractivity contribution is 0.180. The Kier molecular flexibility index (Phi) is 5.61. The Morgan fingerprint density at radius 3 is 2.50 bits per heavy atom. The van der Waals surface area contributed by atoms with Crippen molar-refractivity contribution in [2.24, 2.45) is 0 Å². The topological polar surface area (TPSA) is 52.7 Å². The first kappa shape index (κ1) is 16.4. The summed E-state index contributed by atoms with van der Waals surface area (Å²) in [4.78, 5) is 2.29. The maximum atomic E-state index is 12.1. The number of rotatable bonds is 5. The lowest BCUT2D eigenvalue weighted by atomic mass is 10.3. The lowest BCUT2D eigenvalue weighted by Crippen LogP contribution is -2.52. The van der Waals surface area contributed by atoms with Crippen LogP contribution in [0.1, 0.15) is 19.4 Å². The molecule has 114 valence electrons. The van der Waals surface area contributed by atoms with Gasteiger partial charge in [0.2, 0.25) is 0 Å². The van der Waals surface area contributed by atoms with Crippen LogP contribution in [0, 0.1) is 0 Å². The molecule has 0 spiro atoms. The molecule has 2 rings (SSSR count). The maximum Gasteiger partial charge on any atom is 0.279 e. The Labute approximate surface area is 133 Å². The molecule has 0 bridgehead atoms. The summed E-state index contributed by atoms with van der Waals surface area (Å²) in [7, 11) is -3.32. The molecular weight excluding hydrogens is 362 g/mol. The van der Waals surface area contributed by atoms with Crippen LogP contribution < -0.4 is 4.72 Å². The highest BCUT2D eigenvalue weighted by Crippen LogP contribution is 2.22. The highest BCUT2D eigenvalue weighted by atomic mass is 79.9. The molecule has 5 nitrogen and oxygen atoms in total. The van der Waals surface area contributed by atoms with Crippen molar-refractivity contribution in [3.05, 3.63) is 20.8 Å². The van der Waals surface area contributed by atoms with Crippen LogP contribution in [0.15, 0.2) is 15.2 Å². The van der Waals surface area contributed by atoms with Crippen LogP contribution in [0.2, 0.25) is 0 Å². The predicted octanol–water partition coefficient (Wildman–Crippen LogP) is 1.87. The van der Waals surface area contributed by atoms with Gasteiger partial charge >= 0.3 is 0 Å². The van der Waals surface area contributed by atoms with Gasteiger partial charge in [0.1, 0.15) is 0 Å². The van der Waals surface area contributed by atoms with E-state index in [1.807, 2.05) is 13.8 Å². The van der Waals surface area contributed by atoms with E-state index in [1.54, 1.807) is 11.3 Å². The minimum absolute atomic E-state index is 0.0683. The molecule has 0 aromatic carbocycles. The molecule has 0 saturated carbocycles. The number of nitrogens with one attached hydrogen (secondary N) is 1. The minimum atomic E-state index is -3.32. The van der Waals surface area contributed by atoms with Crippen molar-refractivity contribution >= 4 is 37.5 Å². The average molecular weight is 382 g/mol. The summed E-state index contributed by atoms with van der Waals surface area (Å²) in [6, 6.07) is 2.05. The van der Waals surface area contributed by atoms with E-state index in [-0.39, 0.29) is 6.04 Å². The van der Waals surface area contributed by atoms with Crippen LogP contribution in [0.5, 0.6) is 0 Å². The lowest BCUT2D eigenvalue weighted by Gasteiger charge is -2.34. The van der Waals surface area contributed by atoms with Gasteiger partial charge in [-0.15, -0.1) is 11.3 Å². The largest absolute Gasteiger partial charge is 0.296 e. The van der Waals surface area contributed by atoms with E-state index in [0.717, 1.165) is 23.4 Å². The SMILES string of the molecule is CC(C)NS(=O)(=O)N1CCN(Cc2csc(Br)c2)CC1. The van der Waals surface area contributed by atoms with Crippen molar-refractivity contribution in [3.8, 4) is 0 Å². The number of thiophene rings is 1. The molecule has 2 heterocycles. The molecule has 0 aliphatic carbocycles. The second kappa shape index (κ2) is 6.85. The molecule has 1 fully saturated rings. The van der Waals surface area contributed by atoms with Gasteiger partial charge in [0.05, 0.1) is 3.79 Å². The van der Waals surface area contributed by atoms with Gasteiger partial charge in [0.15, 0.2) is 0 Å². The maximum absolute atomic E-state index is 12.1. The first-order valence-corrected chi connectivity index (χ1v) is 9.71. The van der Waals surface area contributed by atoms with Gasteiger partial charge in [0.25, 0.3) is 10.2 Å². The smallest absolute Gasteiger partial charge is 0.279 e. The van der Waals surface area contributed by atoms with E-state index < -0.39 is 10.2 Å². The van der Waals surface area contributed by atoms with Gasteiger partial charge in [-0.1, -0.05) is 0 Å². The normalized spacial score (nSPS) is 18.8. The number of halogens is 1. The summed E-state index contributed by atoms with van der Waals surface area (Å²) in [5.74, 6) is 0. The van der Waals surface area contributed by atoms with Gasteiger partial charge in [0, 0.05) is 38.8 Å². The fourth-order valence-corrected chi connectivity index (χ4v) is 4.78. The number of piperazine rings is 1. The van der Waals surface area contributed by atoms with Crippen molar-refractivity contribution < 1.29 is 8.42 Å². The summed E-state index contributed by atoms with van der Waals surface area (Å²) in [6.07, 6.45) is 0. The highest BCUT2D eigenvalue weighted by Gasteiger charge is 2.27. The molecule has 1 N–H and O–H groups in total. The Morgan fingerprint density at radius 2 is 2.00 bits per heavy atom. The second-order valence-corrected chi connectivity index (χ2v) is 9.20. The van der Waals surface area contributed by atoms with Crippen molar-refractivity contribution in [3.63, 3.8) is 0 Å². The van der Waals surface area contributed by atoms with Crippen LogP contribution in [0.25, 0.3) is 0 Å². The molecule has 8 heteroatoms. The summed E-state index contributed by atoms with van der Waals surface area (Å²) >= 11 is 5.14. The van der Waals surface area contributed by atoms with Gasteiger partial charge in [-0.25, -0.2) is 0 Å². The van der Waals surface area contributed by atoms with E-state index in [9.17, 15) is 8.42 Å². The molecule has 0 atom stereocenters. The molecule has 1 aromatic heterocycles. The van der Waals surface area contributed by atoms with Crippen molar-refractivity contribution in [2.75, 3.05) is 26.2 Å². The molecule has 0 unspecified atom stereocenters. The fourth-order valence-electron chi connectivity index (χ4n) is 2.19. The monoisotopic (exact) mass is 381 g/mol. The zero-order chi connectivity index (χ0) is 14.8. The Balaban J connectivity index is 1.86. The summed E-state index contributed by atoms with van der Waals surface area (Å²) in [5.41, 5.74) is 1.28. The molecule has 1 aliphatic heterocycles. The fraction of sp³-hybridized carbons (Fsp3) is 0.667. The van der Waals surface area contributed by atoms with E-state index in [4.69, 9.17) is 0 Å². The zero-order valence-corrected chi connectivity index (χ0v) is 14.9. The minimum Gasteiger partial charge on any atom is -0.296 e. The Bertz CT molecular complexity index is 537. The third kappa shape index (κ3) is 4.51. The predicted molar refractivity (Wildman–Crippen MR) is 86.1 cm³/mol. The van der Waals surface area contributed by atoms with Gasteiger partial charge in [-0.3, -0.25) is 4.90 Å². The second-order valence-electron chi connectivity index (χ2n) is 5.21. The van der Waals surface area contributed by atoms with Crippen molar-refractivity contribution in [1.82, 2.24) is 13.9 Å². The van der Waals surface area contributed by atoms with Crippen LogP contribution >= 0.6 is 27.3 Å². The number of hydrogen-bond donors (Lipinski definition) is 1. The van der Waals surface area contributed by atoms with Gasteiger partial charge in [-0.05, 0) is 46.8 Å². The average Bonchev–Trinajstić information content (AvgIpc) is 2.74. The molecular formula is C12H20BrN3O2S2. The van der Waals surface area contributed by atoms with E-state index in [0.29, 0.717) is 13.1 Å². The molecule has 0 amide bonds.